The van der Waals surface area contributed by atoms with Gasteiger partial charge < -0.3 is 19.9 Å². The Morgan fingerprint density at radius 3 is 2.55 bits per heavy atom. The molecular weight excluding hydrogens is 393 g/mol. The normalized spacial score (nSPS) is 25.4. The maximum atomic E-state index is 12.6. The van der Waals surface area contributed by atoms with Gasteiger partial charge in [-0.3, -0.25) is 4.79 Å². The van der Waals surface area contributed by atoms with Gasteiger partial charge in [0.05, 0.1) is 29.7 Å². The fourth-order valence-electron chi connectivity index (χ4n) is 5.21. The first-order chi connectivity index (χ1) is 13.5. The van der Waals surface area contributed by atoms with Crippen LogP contribution in [0.1, 0.15) is 24.5 Å². The van der Waals surface area contributed by atoms with E-state index in [4.69, 9.17) is 0 Å². The molecule has 142 valence electrons. The van der Waals surface area contributed by atoms with Crippen molar-refractivity contribution in [2.45, 2.75) is 31.9 Å². The van der Waals surface area contributed by atoms with E-state index < -0.39 is 18.0 Å². The van der Waals surface area contributed by atoms with E-state index in [-0.39, 0.29) is 74.9 Å². The minimum atomic E-state index is -1.32. The number of rotatable bonds is 3. The summed E-state index contributed by atoms with van der Waals surface area (Å²) in [5.74, 6) is -2.26. The van der Waals surface area contributed by atoms with Gasteiger partial charge in [-0.2, -0.15) is 0 Å². The van der Waals surface area contributed by atoms with E-state index in [0.717, 1.165) is 35.1 Å². The van der Waals surface area contributed by atoms with E-state index in [1.165, 1.54) is 4.90 Å². The molecule has 5 rings (SSSR count). The van der Waals surface area contributed by atoms with E-state index in [1.54, 1.807) is 6.92 Å². The van der Waals surface area contributed by atoms with Crippen LogP contribution in [0.15, 0.2) is 54.2 Å². The monoisotopic (exact) mass is 413 g/mol. The van der Waals surface area contributed by atoms with Crippen molar-refractivity contribution in [3.05, 3.63) is 65.4 Å². The summed E-state index contributed by atoms with van der Waals surface area (Å²) in [5.41, 5.74) is 4.74. The molecule has 5 nitrogen and oxygen atoms in total. The summed E-state index contributed by atoms with van der Waals surface area (Å²) in [5, 5.41) is 22.1. The minimum Gasteiger partial charge on any atom is -0.543 e. The molecule has 0 bridgehead atoms. The molecule has 3 aliphatic rings. The van der Waals surface area contributed by atoms with Crippen LogP contribution < -0.4 is 56.5 Å². The van der Waals surface area contributed by atoms with Crippen LogP contribution in [0.5, 0.6) is 0 Å². The quantitative estimate of drug-likeness (QED) is 0.496. The molecule has 1 N–H and O–H groups in total. The van der Waals surface area contributed by atoms with Crippen molar-refractivity contribution in [1.82, 2.24) is 4.90 Å². The van der Waals surface area contributed by atoms with Crippen LogP contribution in [-0.4, -0.2) is 34.0 Å². The number of nitrogens with zero attached hydrogens (tertiary/aromatic N) is 1. The number of aliphatic hydroxyl groups excluding tert-OH is 1. The number of aliphatic hydroxyl groups is 1. The van der Waals surface area contributed by atoms with E-state index in [1.807, 2.05) is 36.4 Å². The molecule has 0 spiro atoms. The SMILES string of the molecule is CC(O)C1C(=O)N2C(C(=O)[O-])=C3c4cc(-c5ccccc5)ccc4CC[C@@H]3C12.[K+]. The zero-order valence-electron chi connectivity index (χ0n) is 16.5. The topological polar surface area (TPSA) is 80.7 Å². The number of fused-ring (bicyclic) bond motifs is 5. The molecule has 1 fully saturated rings. The predicted octanol–water partition coefficient (Wildman–Crippen LogP) is -1.40. The molecule has 29 heavy (non-hydrogen) atoms. The standard InChI is InChI=1S/C23H21NO4.K/c1-12(25)18-20-16-10-9-14-7-8-15(13-5-3-2-4-6-13)11-17(14)19(16)21(23(27)28)24(20)22(18)26;/h2-8,11-12,16,18,20,25H,9-10H2,1H3,(H,27,28);/q;+1/p-1/t12?,16-,18?,20?;/m0./s1. The van der Waals surface area contributed by atoms with Crippen molar-refractivity contribution in [3.63, 3.8) is 0 Å². The van der Waals surface area contributed by atoms with Crippen molar-refractivity contribution >= 4 is 17.4 Å². The van der Waals surface area contributed by atoms with Crippen molar-refractivity contribution in [3.8, 4) is 11.1 Å². The van der Waals surface area contributed by atoms with Crippen LogP contribution in [0, 0.1) is 11.8 Å². The van der Waals surface area contributed by atoms with Crippen LogP contribution in [-0.2, 0) is 16.0 Å². The molecule has 4 atom stereocenters. The molecule has 0 saturated carbocycles. The van der Waals surface area contributed by atoms with Gasteiger partial charge in [-0.15, -0.1) is 0 Å². The number of carboxylic acids is 1. The zero-order chi connectivity index (χ0) is 19.6. The van der Waals surface area contributed by atoms with Crippen LogP contribution in [0.25, 0.3) is 16.7 Å². The van der Waals surface area contributed by atoms with Crippen molar-refractivity contribution in [1.29, 1.82) is 0 Å². The number of carbonyl (C=O) groups is 2. The van der Waals surface area contributed by atoms with Gasteiger partial charge in [-0.25, -0.2) is 0 Å². The third-order valence-corrected chi connectivity index (χ3v) is 6.41. The number of amides is 1. The molecular formula is C23H20KNO4. The molecule has 0 radical (unpaired) electrons. The second-order valence-electron chi connectivity index (χ2n) is 7.90. The zero-order valence-corrected chi connectivity index (χ0v) is 19.6. The van der Waals surface area contributed by atoms with E-state index in [0.29, 0.717) is 5.57 Å². The Bertz CT molecular complexity index is 1030. The Kier molecular flexibility index (Phi) is 5.61. The molecule has 0 aromatic heterocycles. The van der Waals surface area contributed by atoms with Crippen LogP contribution in [0.2, 0.25) is 0 Å². The molecule has 2 aliphatic heterocycles. The van der Waals surface area contributed by atoms with E-state index >= 15 is 0 Å². The molecule has 2 heterocycles. The summed E-state index contributed by atoms with van der Waals surface area (Å²) in [4.78, 5) is 25.9. The third-order valence-electron chi connectivity index (χ3n) is 6.41. The largest absolute Gasteiger partial charge is 1.00 e. The summed E-state index contributed by atoms with van der Waals surface area (Å²) in [6.45, 7) is 1.60. The third kappa shape index (κ3) is 3.09. The Morgan fingerprint density at radius 1 is 1.17 bits per heavy atom. The summed E-state index contributed by atoms with van der Waals surface area (Å²) in [6, 6.07) is 15.8. The summed E-state index contributed by atoms with van der Waals surface area (Å²) in [7, 11) is 0. The van der Waals surface area contributed by atoms with Crippen LogP contribution >= 0.6 is 0 Å². The average Bonchev–Trinajstić information content (AvgIpc) is 2.99. The van der Waals surface area contributed by atoms with Gasteiger partial charge in [0.25, 0.3) is 0 Å². The van der Waals surface area contributed by atoms with Crippen LogP contribution in [0.3, 0.4) is 0 Å². The molecule has 3 unspecified atom stereocenters. The number of carboxylic acid groups (broad SMARTS) is 1. The van der Waals surface area contributed by atoms with Gasteiger partial charge in [-0.05, 0) is 53.7 Å². The number of hydrogen-bond acceptors (Lipinski definition) is 4. The fraction of sp³-hybridized carbons (Fsp3) is 0.304. The average molecular weight is 414 g/mol. The first-order valence-electron chi connectivity index (χ1n) is 9.64. The maximum Gasteiger partial charge on any atom is 1.00 e. The van der Waals surface area contributed by atoms with E-state index in [2.05, 4.69) is 12.1 Å². The van der Waals surface area contributed by atoms with Crippen LogP contribution in [0.4, 0.5) is 0 Å². The molecule has 1 amide bonds. The van der Waals surface area contributed by atoms with Gasteiger partial charge in [0.2, 0.25) is 5.91 Å². The minimum absolute atomic E-state index is 0. The van der Waals surface area contributed by atoms with Gasteiger partial charge in [0.1, 0.15) is 0 Å². The molecule has 6 heteroatoms. The fourth-order valence-corrected chi connectivity index (χ4v) is 5.21. The Morgan fingerprint density at radius 2 is 1.90 bits per heavy atom. The number of β-lactam (4-membered cyclic amide) rings is 1. The maximum absolute atomic E-state index is 12.6. The smallest absolute Gasteiger partial charge is 0.543 e. The van der Waals surface area contributed by atoms with Crippen molar-refractivity contribution in [2.75, 3.05) is 0 Å². The molecule has 2 aromatic carbocycles. The predicted molar refractivity (Wildman–Crippen MR) is 101 cm³/mol. The van der Waals surface area contributed by atoms with Gasteiger partial charge in [0.15, 0.2) is 0 Å². The number of aliphatic carboxylic acids is 1. The Hall–Kier alpha value is -1.28. The molecule has 1 saturated heterocycles. The first kappa shape index (κ1) is 21.0. The molecule has 2 aromatic rings. The number of benzene rings is 2. The summed E-state index contributed by atoms with van der Waals surface area (Å²) < 4.78 is 0. The van der Waals surface area contributed by atoms with Crippen molar-refractivity contribution in [2.24, 2.45) is 11.8 Å². The van der Waals surface area contributed by atoms with E-state index in [9.17, 15) is 19.8 Å². The number of hydrogen-bond donors (Lipinski definition) is 1. The van der Waals surface area contributed by atoms with Gasteiger partial charge in [-0.1, -0.05) is 42.5 Å². The Labute approximate surface area is 211 Å². The number of aryl methyl sites for hydroxylation is 1. The summed E-state index contributed by atoms with van der Waals surface area (Å²) >= 11 is 0. The van der Waals surface area contributed by atoms with Gasteiger partial charge >= 0.3 is 51.4 Å². The number of carbonyl (C=O) groups excluding carboxylic acids is 2. The first-order valence-corrected chi connectivity index (χ1v) is 9.64. The van der Waals surface area contributed by atoms with Gasteiger partial charge in [0, 0.05) is 5.92 Å². The molecule has 1 aliphatic carbocycles. The second kappa shape index (κ2) is 7.76. The Balaban J connectivity index is 0.00000205. The van der Waals surface area contributed by atoms with Crippen molar-refractivity contribution < 1.29 is 71.2 Å². The summed E-state index contributed by atoms with van der Waals surface area (Å²) in [6.07, 6.45) is 0.791. The second-order valence-corrected chi connectivity index (χ2v) is 7.90.